The Balaban J connectivity index is 2.50. The third kappa shape index (κ3) is 1.56. The average Bonchev–Trinajstić information content (AvgIpc) is 2.38. The predicted octanol–water partition coefficient (Wildman–Crippen LogP) is 1.45. The molecule has 1 heterocycles. The van der Waals surface area contributed by atoms with E-state index in [-0.39, 0.29) is 6.04 Å². The SMILES string of the molecule is [CH2]C(CCC)n1ccnn1. The monoisotopic (exact) mass is 138 g/mol. The van der Waals surface area contributed by atoms with Gasteiger partial charge in [-0.05, 0) is 13.3 Å². The van der Waals surface area contributed by atoms with Crippen LogP contribution in [0.2, 0.25) is 0 Å². The van der Waals surface area contributed by atoms with Crippen molar-refractivity contribution in [1.29, 1.82) is 0 Å². The molecule has 0 aliphatic heterocycles. The lowest BCUT2D eigenvalue weighted by molar-refractivity contribution is 0.481. The molecule has 0 fully saturated rings. The largest absolute Gasteiger partial charge is 0.250 e. The van der Waals surface area contributed by atoms with Gasteiger partial charge in [0.15, 0.2) is 0 Å². The number of hydrogen-bond acceptors (Lipinski definition) is 2. The summed E-state index contributed by atoms with van der Waals surface area (Å²) in [5, 5.41) is 7.54. The van der Waals surface area contributed by atoms with Gasteiger partial charge in [0.05, 0.1) is 12.2 Å². The maximum Gasteiger partial charge on any atom is 0.0693 e. The van der Waals surface area contributed by atoms with Gasteiger partial charge in [-0.25, -0.2) is 4.68 Å². The molecular weight excluding hydrogens is 126 g/mol. The molecule has 1 rings (SSSR count). The molecule has 1 aromatic heterocycles. The fourth-order valence-corrected chi connectivity index (χ4v) is 0.878. The third-order valence-corrected chi connectivity index (χ3v) is 1.44. The Hall–Kier alpha value is -0.860. The first-order chi connectivity index (χ1) is 4.84. The molecule has 10 heavy (non-hydrogen) atoms. The van der Waals surface area contributed by atoms with Crippen molar-refractivity contribution in [2.24, 2.45) is 0 Å². The van der Waals surface area contributed by atoms with Crippen LogP contribution in [0.15, 0.2) is 12.4 Å². The van der Waals surface area contributed by atoms with Gasteiger partial charge >= 0.3 is 0 Å². The molecule has 0 amide bonds. The number of hydrogen-bond donors (Lipinski definition) is 0. The summed E-state index contributed by atoms with van der Waals surface area (Å²) in [5.41, 5.74) is 0. The zero-order valence-electron chi connectivity index (χ0n) is 6.20. The minimum absolute atomic E-state index is 0.243. The topological polar surface area (TPSA) is 30.7 Å². The molecule has 1 atom stereocenters. The highest BCUT2D eigenvalue weighted by Gasteiger charge is 2.01. The molecule has 0 N–H and O–H groups in total. The number of rotatable bonds is 3. The second-order valence-corrected chi connectivity index (χ2v) is 2.33. The fraction of sp³-hybridized carbons (Fsp3) is 0.571. The maximum absolute atomic E-state index is 3.93. The summed E-state index contributed by atoms with van der Waals surface area (Å²) in [6, 6.07) is 0.243. The highest BCUT2D eigenvalue weighted by atomic mass is 15.4. The normalized spacial score (nSPS) is 13.4. The molecule has 1 radical (unpaired) electrons. The molecule has 0 aliphatic rings. The van der Waals surface area contributed by atoms with E-state index in [4.69, 9.17) is 0 Å². The first kappa shape index (κ1) is 7.25. The second kappa shape index (κ2) is 3.34. The first-order valence-corrected chi connectivity index (χ1v) is 3.53. The molecule has 0 aromatic carbocycles. The van der Waals surface area contributed by atoms with Crippen LogP contribution in [0.5, 0.6) is 0 Å². The Morgan fingerprint density at radius 2 is 2.50 bits per heavy atom. The van der Waals surface area contributed by atoms with E-state index in [1.165, 1.54) is 0 Å². The number of nitrogens with zero attached hydrogens (tertiary/aromatic N) is 3. The van der Waals surface area contributed by atoms with Gasteiger partial charge in [0.1, 0.15) is 0 Å². The summed E-state index contributed by atoms with van der Waals surface area (Å²) in [6.45, 7) is 6.06. The first-order valence-electron chi connectivity index (χ1n) is 3.53. The zero-order valence-corrected chi connectivity index (χ0v) is 6.20. The Kier molecular flexibility index (Phi) is 2.42. The van der Waals surface area contributed by atoms with Crippen LogP contribution in [0.1, 0.15) is 25.8 Å². The molecule has 1 unspecified atom stereocenters. The van der Waals surface area contributed by atoms with Crippen LogP contribution < -0.4 is 0 Å². The summed E-state index contributed by atoms with van der Waals surface area (Å²) in [7, 11) is 0. The van der Waals surface area contributed by atoms with Crippen LogP contribution in [-0.4, -0.2) is 15.0 Å². The summed E-state index contributed by atoms with van der Waals surface area (Å²) < 4.78 is 1.78. The Morgan fingerprint density at radius 1 is 1.70 bits per heavy atom. The van der Waals surface area contributed by atoms with Gasteiger partial charge in [-0.3, -0.25) is 0 Å². The summed E-state index contributed by atoms with van der Waals surface area (Å²) in [6.07, 6.45) is 5.71. The van der Waals surface area contributed by atoms with Crippen LogP contribution >= 0.6 is 0 Å². The van der Waals surface area contributed by atoms with E-state index in [0.29, 0.717) is 0 Å². The van der Waals surface area contributed by atoms with Crippen molar-refractivity contribution in [1.82, 2.24) is 15.0 Å². The van der Waals surface area contributed by atoms with E-state index >= 15 is 0 Å². The van der Waals surface area contributed by atoms with Crippen molar-refractivity contribution < 1.29 is 0 Å². The van der Waals surface area contributed by atoms with Gasteiger partial charge in [0, 0.05) is 6.20 Å². The van der Waals surface area contributed by atoms with Gasteiger partial charge in [0.25, 0.3) is 0 Å². The highest BCUT2D eigenvalue weighted by molar-refractivity contribution is 4.73. The quantitative estimate of drug-likeness (QED) is 0.633. The van der Waals surface area contributed by atoms with Gasteiger partial charge in [0.2, 0.25) is 0 Å². The maximum atomic E-state index is 3.93. The molecule has 3 nitrogen and oxygen atoms in total. The van der Waals surface area contributed by atoms with E-state index < -0.39 is 0 Å². The van der Waals surface area contributed by atoms with Crippen LogP contribution in [0.4, 0.5) is 0 Å². The highest BCUT2D eigenvalue weighted by Crippen LogP contribution is 2.08. The standard InChI is InChI=1S/C7H12N3/c1-3-4-7(2)10-6-5-8-9-10/h5-7H,2-4H2,1H3. The van der Waals surface area contributed by atoms with E-state index in [0.717, 1.165) is 12.8 Å². The summed E-state index contributed by atoms with van der Waals surface area (Å²) in [5.74, 6) is 0. The van der Waals surface area contributed by atoms with Gasteiger partial charge < -0.3 is 0 Å². The predicted molar refractivity (Wildman–Crippen MR) is 39.3 cm³/mol. The van der Waals surface area contributed by atoms with Crippen molar-refractivity contribution in [2.45, 2.75) is 25.8 Å². The molecule has 0 saturated heterocycles. The van der Waals surface area contributed by atoms with Gasteiger partial charge in [-0.15, -0.1) is 5.10 Å². The minimum Gasteiger partial charge on any atom is -0.250 e. The molecule has 0 aliphatic carbocycles. The smallest absolute Gasteiger partial charge is 0.0693 e. The van der Waals surface area contributed by atoms with E-state index in [1.54, 1.807) is 10.9 Å². The van der Waals surface area contributed by atoms with Gasteiger partial charge in [-0.1, -0.05) is 18.6 Å². The lowest BCUT2D eigenvalue weighted by Crippen LogP contribution is -2.05. The molecule has 0 saturated carbocycles. The molecule has 1 aromatic rings. The molecule has 0 bridgehead atoms. The Labute approximate surface area is 61.1 Å². The van der Waals surface area contributed by atoms with E-state index in [9.17, 15) is 0 Å². The Bertz CT molecular complexity index is 169. The van der Waals surface area contributed by atoms with Gasteiger partial charge in [-0.2, -0.15) is 0 Å². The second-order valence-electron chi connectivity index (χ2n) is 2.33. The van der Waals surface area contributed by atoms with Crippen molar-refractivity contribution in [3.8, 4) is 0 Å². The van der Waals surface area contributed by atoms with Crippen molar-refractivity contribution in [2.75, 3.05) is 0 Å². The van der Waals surface area contributed by atoms with Crippen molar-refractivity contribution in [3.05, 3.63) is 19.3 Å². The van der Waals surface area contributed by atoms with Crippen molar-refractivity contribution in [3.63, 3.8) is 0 Å². The molecule has 3 heteroatoms. The zero-order chi connectivity index (χ0) is 7.40. The van der Waals surface area contributed by atoms with Crippen LogP contribution in [0.25, 0.3) is 0 Å². The molecule has 55 valence electrons. The summed E-state index contributed by atoms with van der Waals surface area (Å²) in [4.78, 5) is 0. The Morgan fingerprint density at radius 3 is 3.00 bits per heavy atom. The van der Waals surface area contributed by atoms with Crippen molar-refractivity contribution >= 4 is 0 Å². The minimum atomic E-state index is 0.243. The van der Waals surface area contributed by atoms with Crippen LogP contribution in [-0.2, 0) is 0 Å². The lowest BCUT2D eigenvalue weighted by Gasteiger charge is -2.07. The van der Waals surface area contributed by atoms with E-state index in [1.807, 2.05) is 6.20 Å². The lowest BCUT2D eigenvalue weighted by atomic mass is 10.2. The van der Waals surface area contributed by atoms with Crippen LogP contribution in [0.3, 0.4) is 0 Å². The molecule has 0 spiro atoms. The molecular formula is C7H12N3. The van der Waals surface area contributed by atoms with Crippen LogP contribution in [0, 0.1) is 6.92 Å². The third-order valence-electron chi connectivity index (χ3n) is 1.44. The summed E-state index contributed by atoms with van der Waals surface area (Å²) >= 11 is 0. The number of aromatic nitrogens is 3. The van der Waals surface area contributed by atoms with E-state index in [2.05, 4.69) is 24.2 Å². The average molecular weight is 138 g/mol. The fourth-order valence-electron chi connectivity index (χ4n) is 0.878.